The van der Waals surface area contributed by atoms with Gasteiger partial charge < -0.3 is 10.0 Å². The number of hydrogen-bond donors (Lipinski definition) is 1. The standard InChI is InChI=1S/C30H29F5N2O3S/c1-17(36(2)41-28-26(34)24(32)23(31)25(33)27(28)35)29(38)37(22-14-12-21(13-15-22)30(39)40)16-18-8-10-20(11-9-18)19-6-4-3-5-7-19/h8-15,17,19H,3-7,16H2,1-2H3,(H,39,40). The molecule has 218 valence electrons. The normalized spacial score (nSPS) is 14.7. The zero-order valence-electron chi connectivity index (χ0n) is 22.5. The minimum absolute atomic E-state index is 0.0185. The predicted molar refractivity (Wildman–Crippen MR) is 146 cm³/mol. The Labute approximate surface area is 239 Å². The second-order valence-electron chi connectivity index (χ2n) is 10.1. The smallest absolute Gasteiger partial charge is 0.335 e. The maximum absolute atomic E-state index is 14.3. The highest BCUT2D eigenvalue weighted by molar-refractivity contribution is 7.97. The number of carboxylic acids is 1. The summed E-state index contributed by atoms with van der Waals surface area (Å²) in [6.07, 6.45) is 5.88. The molecule has 0 radical (unpaired) electrons. The lowest BCUT2D eigenvalue weighted by Gasteiger charge is -2.30. The van der Waals surface area contributed by atoms with E-state index in [2.05, 4.69) is 0 Å². The molecule has 3 aromatic rings. The van der Waals surface area contributed by atoms with E-state index in [4.69, 9.17) is 0 Å². The number of benzene rings is 3. The molecule has 0 spiro atoms. The lowest BCUT2D eigenvalue weighted by Crippen LogP contribution is -2.43. The molecule has 1 amide bonds. The largest absolute Gasteiger partial charge is 0.478 e. The van der Waals surface area contributed by atoms with Crippen LogP contribution in [-0.2, 0) is 11.3 Å². The molecule has 41 heavy (non-hydrogen) atoms. The molecule has 0 aromatic heterocycles. The fourth-order valence-electron chi connectivity index (χ4n) is 4.86. The number of hydrogen-bond acceptors (Lipinski definition) is 4. The first kappa shape index (κ1) is 30.5. The first-order valence-corrected chi connectivity index (χ1v) is 13.9. The van der Waals surface area contributed by atoms with Gasteiger partial charge in [0.15, 0.2) is 23.3 Å². The molecule has 1 N–H and O–H groups in total. The maximum atomic E-state index is 14.3. The van der Waals surface area contributed by atoms with Crippen LogP contribution < -0.4 is 4.90 Å². The molecule has 0 heterocycles. The van der Waals surface area contributed by atoms with Crippen molar-refractivity contribution in [3.05, 3.63) is 94.3 Å². The molecule has 1 aliphatic carbocycles. The van der Waals surface area contributed by atoms with Crippen molar-refractivity contribution in [1.29, 1.82) is 0 Å². The first-order valence-electron chi connectivity index (χ1n) is 13.1. The zero-order chi connectivity index (χ0) is 29.8. The van der Waals surface area contributed by atoms with Gasteiger partial charge in [-0.15, -0.1) is 0 Å². The van der Waals surface area contributed by atoms with E-state index in [-0.39, 0.29) is 24.1 Å². The van der Waals surface area contributed by atoms with Crippen molar-refractivity contribution in [2.45, 2.75) is 62.4 Å². The lowest BCUT2D eigenvalue weighted by atomic mass is 9.84. The second kappa shape index (κ2) is 13.0. The van der Waals surface area contributed by atoms with E-state index in [1.54, 1.807) is 0 Å². The number of likely N-dealkylation sites (N-methyl/N-ethyl adjacent to an activating group) is 1. The number of aromatic carboxylic acids is 1. The monoisotopic (exact) mass is 592 g/mol. The van der Waals surface area contributed by atoms with Gasteiger partial charge in [-0.25, -0.2) is 31.1 Å². The summed E-state index contributed by atoms with van der Waals surface area (Å²) in [6, 6.07) is 12.5. The van der Waals surface area contributed by atoms with E-state index in [0.29, 0.717) is 11.6 Å². The van der Waals surface area contributed by atoms with E-state index >= 15 is 0 Å². The van der Waals surface area contributed by atoms with Crippen molar-refractivity contribution >= 4 is 29.5 Å². The van der Waals surface area contributed by atoms with E-state index in [9.17, 15) is 36.6 Å². The Morgan fingerprint density at radius 2 is 1.39 bits per heavy atom. The van der Waals surface area contributed by atoms with Gasteiger partial charge in [0.2, 0.25) is 11.7 Å². The average molecular weight is 593 g/mol. The molecule has 0 bridgehead atoms. The maximum Gasteiger partial charge on any atom is 0.335 e. The predicted octanol–water partition coefficient (Wildman–Crippen LogP) is 7.69. The van der Waals surface area contributed by atoms with Gasteiger partial charge in [-0.1, -0.05) is 43.5 Å². The van der Waals surface area contributed by atoms with Gasteiger partial charge in [0.25, 0.3) is 0 Å². The molecule has 1 fully saturated rings. The van der Waals surface area contributed by atoms with Gasteiger partial charge >= 0.3 is 5.97 Å². The summed E-state index contributed by atoms with van der Waals surface area (Å²) in [6.45, 7) is 1.54. The number of rotatable bonds is 9. The summed E-state index contributed by atoms with van der Waals surface area (Å²) in [5, 5.41) is 9.27. The van der Waals surface area contributed by atoms with Crippen LogP contribution in [0.1, 0.15) is 66.4 Å². The van der Waals surface area contributed by atoms with Crippen LogP contribution in [0.25, 0.3) is 0 Å². The molecule has 1 aliphatic rings. The Morgan fingerprint density at radius 1 is 0.854 bits per heavy atom. The molecule has 5 nitrogen and oxygen atoms in total. The molecule has 4 rings (SSSR count). The van der Waals surface area contributed by atoms with Crippen molar-refractivity contribution in [2.24, 2.45) is 0 Å². The minimum atomic E-state index is -2.26. The minimum Gasteiger partial charge on any atom is -0.478 e. The van der Waals surface area contributed by atoms with Crippen LogP contribution in [0.2, 0.25) is 0 Å². The van der Waals surface area contributed by atoms with Crippen LogP contribution in [0.5, 0.6) is 0 Å². The van der Waals surface area contributed by atoms with Crippen molar-refractivity contribution < 1.29 is 36.6 Å². The van der Waals surface area contributed by atoms with Crippen LogP contribution in [0.4, 0.5) is 27.6 Å². The van der Waals surface area contributed by atoms with E-state index in [1.807, 2.05) is 24.3 Å². The first-order chi connectivity index (χ1) is 19.5. The van der Waals surface area contributed by atoms with Crippen LogP contribution in [0.15, 0.2) is 53.4 Å². The Balaban J connectivity index is 1.59. The number of carbonyl (C=O) groups is 2. The molecule has 1 atom stereocenters. The van der Waals surface area contributed by atoms with Crippen molar-refractivity contribution in [2.75, 3.05) is 11.9 Å². The van der Waals surface area contributed by atoms with Crippen molar-refractivity contribution in [1.82, 2.24) is 4.31 Å². The van der Waals surface area contributed by atoms with E-state index in [0.717, 1.165) is 22.7 Å². The van der Waals surface area contributed by atoms with Crippen molar-refractivity contribution in [3.63, 3.8) is 0 Å². The SMILES string of the molecule is CC(C(=O)N(Cc1ccc(C2CCCCC2)cc1)c1ccc(C(=O)O)cc1)N(C)Sc1c(F)c(F)c(F)c(F)c1F. The Bertz CT molecular complexity index is 1380. The number of carbonyl (C=O) groups excluding carboxylic acids is 1. The molecule has 0 saturated heterocycles. The fraction of sp³-hybridized carbons (Fsp3) is 0.333. The Kier molecular flexibility index (Phi) is 9.70. The van der Waals surface area contributed by atoms with Gasteiger partial charge in [0, 0.05) is 5.69 Å². The third-order valence-electron chi connectivity index (χ3n) is 7.40. The average Bonchev–Trinajstić information content (AvgIpc) is 3.00. The molecular weight excluding hydrogens is 563 g/mol. The summed E-state index contributed by atoms with van der Waals surface area (Å²) >= 11 is 0.225. The molecule has 0 aliphatic heterocycles. The van der Waals surface area contributed by atoms with Crippen molar-refractivity contribution in [3.8, 4) is 0 Å². The third kappa shape index (κ3) is 6.73. The molecular formula is C30H29F5N2O3S. The van der Waals surface area contributed by atoms with Gasteiger partial charge in [-0.2, -0.15) is 0 Å². The van der Waals surface area contributed by atoms with Gasteiger partial charge in [-0.3, -0.25) is 4.79 Å². The Hall–Kier alpha value is -3.44. The quantitative estimate of drug-likeness (QED) is 0.120. The number of carboxylic acid groups (broad SMARTS) is 1. The fourth-order valence-corrected chi connectivity index (χ4v) is 5.74. The highest BCUT2D eigenvalue weighted by Crippen LogP contribution is 2.35. The number of anilines is 1. The van der Waals surface area contributed by atoms with Crippen LogP contribution in [-0.4, -0.2) is 34.4 Å². The van der Waals surface area contributed by atoms with Crippen LogP contribution in [0.3, 0.4) is 0 Å². The van der Waals surface area contributed by atoms with E-state index in [1.165, 1.54) is 68.0 Å². The molecule has 1 unspecified atom stereocenters. The summed E-state index contributed by atoms with van der Waals surface area (Å²) in [5.74, 6) is -11.6. The van der Waals surface area contributed by atoms with Crippen LogP contribution >= 0.6 is 11.9 Å². The third-order valence-corrected chi connectivity index (χ3v) is 8.54. The Morgan fingerprint density at radius 3 is 1.93 bits per heavy atom. The zero-order valence-corrected chi connectivity index (χ0v) is 23.3. The second-order valence-corrected chi connectivity index (χ2v) is 11.2. The molecule has 3 aromatic carbocycles. The highest BCUT2D eigenvalue weighted by atomic mass is 32.2. The number of amides is 1. The lowest BCUT2D eigenvalue weighted by molar-refractivity contribution is -0.121. The summed E-state index contributed by atoms with van der Waals surface area (Å²) in [4.78, 5) is 25.3. The number of nitrogens with zero attached hydrogens (tertiary/aromatic N) is 2. The van der Waals surface area contributed by atoms with Gasteiger partial charge in [0.1, 0.15) is 4.90 Å². The number of halogens is 5. The van der Waals surface area contributed by atoms with Crippen LogP contribution in [0, 0.1) is 29.1 Å². The summed E-state index contributed by atoms with van der Waals surface area (Å²) in [7, 11) is 1.30. The van der Waals surface area contributed by atoms with Gasteiger partial charge in [0.05, 0.1) is 18.2 Å². The van der Waals surface area contributed by atoms with E-state index < -0.39 is 51.9 Å². The summed E-state index contributed by atoms with van der Waals surface area (Å²) in [5.41, 5.74) is 2.41. The summed E-state index contributed by atoms with van der Waals surface area (Å²) < 4.78 is 70.6. The highest BCUT2D eigenvalue weighted by Gasteiger charge is 2.31. The molecule has 11 heteroatoms. The molecule has 1 saturated carbocycles. The topological polar surface area (TPSA) is 60.9 Å². The van der Waals surface area contributed by atoms with Gasteiger partial charge in [-0.05, 0) is 80.1 Å².